The number of ether oxygens (including phenoxy) is 1. The molecule has 2 aliphatic rings. The maximum Gasteiger partial charge on any atom is 0.154 e. The lowest BCUT2D eigenvalue weighted by Gasteiger charge is -2.34. The number of benzene rings is 1. The molecule has 2 aliphatic heterocycles. The fraction of sp³-hybridized carbons (Fsp3) is 0.400. The molecule has 3 rings (SSSR count). The minimum Gasteiger partial charge on any atom is -0.497 e. The Morgan fingerprint density at radius 2 is 2.08 bits per heavy atom. The van der Waals surface area contributed by atoms with E-state index >= 15 is 0 Å². The summed E-state index contributed by atoms with van der Waals surface area (Å²) in [5.41, 5.74) is 8.35. The number of nitrogens with zero attached hydrogens (tertiary/aromatic N) is 2. The minimum atomic E-state index is -0.289. The normalized spacial score (nSPS) is 25.9. The summed E-state index contributed by atoms with van der Waals surface area (Å²) < 4.78 is 5.37. The molecule has 136 valence electrons. The van der Waals surface area contributed by atoms with Gasteiger partial charge in [-0.3, -0.25) is 4.99 Å². The summed E-state index contributed by atoms with van der Waals surface area (Å²) in [5.74, 6) is 2.70. The van der Waals surface area contributed by atoms with E-state index in [1.807, 2.05) is 12.1 Å². The second-order valence-electron chi connectivity index (χ2n) is 6.48. The number of hydrogen-bond donors (Lipinski definition) is 1. The third-order valence-corrected chi connectivity index (χ3v) is 6.74. The first-order chi connectivity index (χ1) is 12.6. The van der Waals surface area contributed by atoms with Crippen molar-refractivity contribution >= 4 is 33.6 Å². The zero-order valence-electron chi connectivity index (χ0n) is 15.0. The van der Waals surface area contributed by atoms with Crippen molar-refractivity contribution in [1.82, 2.24) is 0 Å². The van der Waals surface area contributed by atoms with Gasteiger partial charge in [-0.2, -0.15) is 5.26 Å². The molecule has 1 aromatic rings. The van der Waals surface area contributed by atoms with Crippen molar-refractivity contribution in [1.29, 1.82) is 5.26 Å². The van der Waals surface area contributed by atoms with Crippen LogP contribution >= 0.6 is 23.5 Å². The number of aliphatic imine (C=N–C) groups is 1. The first kappa shape index (κ1) is 18.9. The lowest BCUT2D eigenvalue weighted by Crippen LogP contribution is -2.35. The molecule has 0 fully saturated rings. The van der Waals surface area contributed by atoms with Crippen LogP contribution in [0.25, 0.3) is 4.91 Å². The van der Waals surface area contributed by atoms with Gasteiger partial charge < -0.3 is 10.5 Å². The van der Waals surface area contributed by atoms with E-state index in [4.69, 9.17) is 15.5 Å². The van der Waals surface area contributed by atoms with Crippen molar-refractivity contribution < 1.29 is 4.74 Å². The van der Waals surface area contributed by atoms with Gasteiger partial charge in [0.25, 0.3) is 0 Å². The summed E-state index contributed by atoms with van der Waals surface area (Å²) >= 11 is 3.42. The van der Waals surface area contributed by atoms with Crippen LogP contribution in [-0.2, 0) is 0 Å². The molecule has 6 heteroatoms. The highest BCUT2D eigenvalue weighted by Crippen LogP contribution is 2.42. The Bertz CT molecular complexity index is 810. The van der Waals surface area contributed by atoms with E-state index in [2.05, 4.69) is 18.7 Å². The molecular formula is C20H23N3OS2. The van der Waals surface area contributed by atoms with Crippen molar-refractivity contribution in [2.45, 2.75) is 31.2 Å². The predicted molar refractivity (Wildman–Crippen MR) is 113 cm³/mol. The Morgan fingerprint density at radius 3 is 2.81 bits per heavy atom. The predicted octanol–water partition coefficient (Wildman–Crippen LogP) is 4.57. The molecule has 4 nitrogen and oxygen atoms in total. The van der Waals surface area contributed by atoms with E-state index in [1.54, 1.807) is 36.7 Å². The van der Waals surface area contributed by atoms with E-state index in [0.29, 0.717) is 16.5 Å². The number of hydrogen-bond acceptors (Lipinski definition) is 6. The molecule has 0 amide bonds. The Balaban J connectivity index is 2.04. The summed E-state index contributed by atoms with van der Waals surface area (Å²) in [6, 6.07) is 7.86. The largest absolute Gasteiger partial charge is 0.497 e. The second kappa shape index (κ2) is 8.24. The maximum absolute atomic E-state index is 9.32. The molecule has 0 aliphatic carbocycles. The molecule has 2 heterocycles. The van der Waals surface area contributed by atoms with Gasteiger partial charge in [-0.05, 0) is 66.8 Å². The van der Waals surface area contributed by atoms with Gasteiger partial charge in [0, 0.05) is 10.7 Å². The number of nitriles is 1. The van der Waals surface area contributed by atoms with Crippen LogP contribution in [0.15, 0.2) is 41.4 Å². The lowest BCUT2D eigenvalue weighted by atomic mass is 9.83. The molecular weight excluding hydrogens is 362 g/mol. The molecule has 0 saturated carbocycles. The molecule has 1 atom stereocenters. The standard InChI is InChI=1S/C20H23N3OS2/c1-14-9-18(16-10-15(13-21)11-17(12-16)24-2)25-7-4-3-5-20(14)6-8-26-19(22)23-20/h9-12H,1,3-8H2,2H3,(H2,22,23)/b18-9-. The van der Waals surface area contributed by atoms with Crippen molar-refractivity contribution in [3.05, 3.63) is 47.6 Å². The van der Waals surface area contributed by atoms with Crippen LogP contribution in [-0.4, -0.2) is 29.3 Å². The summed E-state index contributed by atoms with van der Waals surface area (Å²) in [6.07, 6.45) is 6.32. The van der Waals surface area contributed by atoms with Gasteiger partial charge >= 0.3 is 0 Å². The lowest BCUT2D eigenvalue weighted by molar-refractivity contribution is 0.414. The Kier molecular flexibility index (Phi) is 6.00. The van der Waals surface area contributed by atoms with Crippen LogP contribution in [0.2, 0.25) is 0 Å². The number of nitrogens with two attached hydrogens (primary N) is 1. The molecule has 26 heavy (non-hydrogen) atoms. The third kappa shape index (κ3) is 4.11. The third-order valence-electron chi connectivity index (χ3n) is 4.79. The van der Waals surface area contributed by atoms with E-state index < -0.39 is 0 Å². The Hall–Kier alpha value is -1.84. The van der Waals surface area contributed by atoms with Crippen LogP contribution in [0.5, 0.6) is 5.75 Å². The van der Waals surface area contributed by atoms with Crippen LogP contribution in [0.4, 0.5) is 0 Å². The monoisotopic (exact) mass is 385 g/mol. The van der Waals surface area contributed by atoms with Gasteiger partial charge in [-0.15, -0.1) is 11.8 Å². The van der Waals surface area contributed by atoms with Crippen molar-refractivity contribution in [3.8, 4) is 11.8 Å². The Labute approximate surface area is 163 Å². The summed E-state index contributed by atoms with van der Waals surface area (Å²) in [7, 11) is 1.62. The topological polar surface area (TPSA) is 71.4 Å². The molecule has 1 aromatic carbocycles. The van der Waals surface area contributed by atoms with Crippen molar-refractivity contribution in [2.24, 2.45) is 10.7 Å². The van der Waals surface area contributed by atoms with Gasteiger partial charge in [-0.1, -0.05) is 18.3 Å². The quantitative estimate of drug-likeness (QED) is 0.807. The SMILES string of the molecule is C=C1/C=C(/c2cc(C#N)cc(OC)c2)SCCCCC12CCSC(N)=N2. The van der Waals surface area contributed by atoms with E-state index in [-0.39, 0.29) is 5.54 Å². The number of amidine groups is 1. The zero-order chi connectivity index (χ0) is 18.6. The smallest absolute Gasteiger partial charge is 0.154 e. The van der Waals surface area contributed by atoms with Crippen LogP contribution < -0.4 is 10.5 Å². The molecule has 0 aromatic heterocycles. The van der Waals surface area contributed by atoms with Gasteiger partial charge in [0.2, 0.25) is 0 Å². The fourth-order valence-corrected chi connectivity index (χ4v) is 5.29. The Morgan fingerprint density at radius 1 is 1.23 bits per heavy atom. The average Bonchev–Trinajstić information content (AvgIpc) is 2.72. The van der Waals surface area contributed by atoms with E-state index in [1.165, 1.54) is 0 Å². The summed E-state index contributed by atoms with van der Waals surface area (Å²) in [6.45, 7) is 4.37. The van der Waals surface area contributed by atoms with E-state index in [9.17, 15) is 5.26 Å². The maximum atomic E-state index is 9.32. The van der Waals surface area contributed by atoms with Crippen LogP contribution in [0.3, 0.4) is 0 Å². The highest BCUT2D eigenvalue weighted by molar-refractivity contribution is 8.13. The first-order valence-corrected chi connectivity index (χ1v) is 10.6. The highest BCUT2D eigenvalue weighted by atomic mass is 32.2. The average molecular weight is 386 g/mol. The second-order valence-corrected chi connectivity index (χ2v) is 8.73. The number of thioether (sulfide) groups is 2. The molecule has 1 spiro atoms. The molecule has 0 saturated heterocycles. The van der Waals surface area contributed by atoms with Crippen LogP contribution in [0, 0.1) is 11.3 Å². The number of methoxy groups -OCH3 is 1. The highest BCUT2D eigenvalue weighted by Gasteiger charge is 2.35. The van der Waals surface area contributed by atoms with E-state index in [0.717, 1.165) is 53.2 Å². The molecule has 0 radical (unpaired) electrons. The van der Waals surface area contributed by atoms with Gasteiger partial charge in [0.15, 0.2) is 5.17 Å². The summed E-state index contributed by atoms with van der Waals surface area (Å²) in [5, 5.41) is 9.98. The zero-order valence-corrected chi connectivity index (χ0v) is 16.6. The number of rotatable bonds is 2. The minimum absolute atomic E-state index is 0.289. The van der Waals surface area contributed by atoms with Gasteiger partial charge in [0.05, 0.1) is 24.3 Å². The molecule has 2 N–H and O–H groups in total. The first-order valence-electron chi connectivity index (χ1n) is 8.68. The molecule has 1 unspecified atom stereocenters. The summed E-state index contributed by atoms with van der Waals surface area (Å²) in [4.78, 5) is 5.93. The fourth-order valence-electron chi connectivity index (χ4n) is 3.32. The van der Waals surface area contributed by atoms with Crippen molar-refractivity contribution in [3.63, 3.8) is 0 Å². The van der Waals surface area contributed by atoms with Gasteiger partial charge in [-0.25, -0.2) is 0 Å². The molecule has 0 bridgehead atoms. The van der Waals surface area contributed by atoms with Crippen LogP contribution in [0.1, 0.15) is 36.8 Å². The van der Waals surface area contributed by atoms with Crippen molar-refractivity contribution in [2.75, 3.05) is 18.6 Å². The van der Waals surface area contributed by atoms with Gasteiger partial charge in [0.1, 0.15) is 5.75 Å².